The standard InChI is InChI=1S/C15H15Cl2N3O3S/c1-9(2)24(22,23)12-6-4-3-5-11(12)18-14-10(7-8-21)13(16)19-15(17)20-14/h3-6,8-9H,7H2,1-2H3,(H,18,19,20). The highest BCUT2D eigenvalue weighted by atomic mass is 35.5. The maximum atomic E-state index is 12.5. The van der Waals surface area contributed by atoms with Crippen molar-refractivity contribution in [2.24, 2.45) is 0 Å². The number of sulfone groups is 1. The van der Waals surface area contributed by atoms with Gasteiger partial charge in [-0.1, -0.05) is 23.7 Å². The van der Waals surface area contributed by atoms with Crippen molar-refractivity contribution in [3.8, 4) is 0 Å². The number of halogens is 2. The van der Waals surface area contributed by atoms with Crippen molar-refractivity contribution in [2.45, 2.75) is 30.4 Å². The Balaban J connectivity index is 2.56. The van der Waals surface area contributed by atoms with E-state index in [0.717, 1.165) is 0 Å². The maximum absolute atomic E-state index is 12.5. The summed E-state index contributed by atoms with van der Waals surface area (Å²) in [6.45, 7) is 3.20. The Morgan fingerprint density at radius 2 is 1.88 bits per heavy atom. The summed E-state index contributed by atoms with van der Waals surface area (Å²) in [6.07, 6.45) is 0.623. The molecule has 1 heterocycles. The van der Waals surface area contributed by atoms with Crippen molar-refractivity contribution in [3.63, 3.8) is 0 Å². The molecule has 0 saturated carbocycles. The maximum Gasteiger partial charge on any atom is 0.225 e. The van der Waals surface area contributed by atoms with E-state index in [9.17, 15) is 13.2 Å². The van der Waals surface area contributed by atoms with Crippen LogP contribution >= 0.6 is 23.2 Å². The van der Waals surface area contributed by atoms with Crippen molar-refractivity contribution in [1.29, 1.82) is 0 Å². The number of anilines is 2. The third kappa shape index (κ3) is 3.85. The summed E-state index contributed by atoms with van der Waals surface area (Å²) in [6, 6.07) is 6.42. The Morgan fingerprint density at radius 1 is 1.21 bits per heavy atom. The van der Waals surface area contributed by atoms with E-state index >= 15 is 0 Å². The van der Waals surface area contributed by atoms with Crippen LogP contribution in [0.3, 0.4) is 0 Å². The zero-order valence-corrected chi connectivity index (χ0v) is 15.3. The zero-order chi connectivity index (χ0) is 17.9. The summed E-state index contributed by atoms with van der Waals surface area (Å²) in [4.78, 5) is 18.8. The molecule has 0 spiro atoms. The van der Waals surface area contributed by atoms with E-state index in [4.69, 9.17) is 23.2 Å². The second-order valence-corrected chi connectivity index (χ2v) is 8.37. The summed E-state index contributed by atoms with van der Waals surface area (Å²) >= 11 is 11.8. The molecule has 9 heteroatoms. The van der Waals surface area contributed by atoms with Gasteiger partial charge in [-0.3, -0.25) is 0 Å². The smallest absolute Gasteiger partial charge is 0.225 e. The highest BCUT2D eigenvalue weighted by Crippen LogP contribution is 2.30. The molecule has 6 nitrogen and oxygen atoms in total. The number of aromatic nitrogens is 2. The van der Waals surface area contributed by atoms with Crippen LogP contribution in [0.2, 0.25) is 10.4 Å². The van der Waals surface area contributed by atoms with Crippen LogP contribution in [0.5, 0.6) is 0 Å². The van der Waals surface area contributed by atoms with Crippen molar-refractivity contribution >= 4 is 50.8 Å². The molecule has 1 aromatic carbocycles. The van der Waals surface area contributed by atoms with Gasteiger partial charge in [0.15, 0.2) is 9.84 Å². The van der Waals surface area contributed by atoms with E-state index in [1.54, 1.807) is 32.0 Å². The summed E-state index contributed by atoms with van der Waals surface area (Å²) in [5, 5.41) is 2.25. The summed E-state index contributed by atoms with van der Waals surface area (Å²) in [5.74, 6) is 0.193. The van der Waals surface area contributed by atoms with Gasteiger partial charge in [0.2, 0.25) is 5.28 Å². The average molecular weight is 388 g/mol. The molecular weight excluding hydrogens is 373 g/mol. The number of nitrogens with one attached hydrogen (secondary N) is 1. The van der Waals surface area contributed by atoms with Crippen LogP contribution in [-0.2, 0) is 21.1 Å². The average Bonchev–Trinajstić information content (AvgIpc) is 2.51. The molecule has 0 fully saturated rings. The van der Waals surface area contributed by atoms with Crippen molar-refractivity contribution in [1.82, 2.24) is 9.97 Å². The van der Waals surface area contributed by atoms with E-state index in [0.29, 0.717) is 17.5 Å². The molecule has 0 bridgehead atoms. The molecule has 0 atom stereocenters. The van der Waals surface area contributed by atoms with E-state index in [2.05, 4.69) is 15.3 Å². The molecule has 128 valence electrons. The Labute approximate surface area is 150 Å². The molecule has 1 aromatic heterocycles. The summed E-state index contributed by atoms with van der Waals surface area (Å²) < 4.78 is 25.0. The molecule has 0 aliphatic heterocycles. The number of nitrogens with zero attached hydrogens (tertiary/aromatic N) is 2. The minimum Gasteiger partial charge on any atom is -0.339 e. The highest BCUT2D eigenvalue weighted by molar-refractivity contribution is 7.92. The van der Waals surface area contributed by atoms with Crippen LogP contribution in [0, 0.1) is 0 Å². The van der Waals surface area contributed by atoms with Gasteiger partial charge < -0.3 is 10.1 Å². The Bertz CT molecular complexity index is 870. The summed E-state index contributed by atoms with van der Waals surface area (Å²) in [5.41, 5.74) is 0.664. The van der Waals surface area contributed by atoms with Crippen LogP contribution in [0.1, 0.15) is 19.4 Å². The fraction of sp³-hybridized carbons (Fsp3) is 0.267. The van der Waals surface area contributed by atoms with Gasteiger partial charge in [-0.2, -0.15) is 0 Å². The van der Waals surface area contributed by atoms with Gasteiger partial charge >= 0.3 is 0 Å². The largest absolute Gasteiger partial charge is 0.339 e. The number of rotatable bonds is 6. The monoisotopic (exact) mass is 387 g/mol. The van der Waals surface area contributed by atoms with Gasteiger partial charge in [0, 0.05) is 12.0 Å². The molecule has 0 aliphatic rings. The molecule has 0 amide bonds. The number of hydrogen-bond acceptors (Lipinski definition) is 6. The number of carbonyl (C=O) groups excluding carboxylic acids is 1. The predicted octanol–water partition coefficient (Wildman–Crippen LogP) is 3.45. The minimum atomic E-state index is -3.51. The Kier molecular flexibility index (Phi) is 5.79. The minimum absolute atomic E-state index is 0.0303. The lowest BCUT2D eigenvalue weighted by Crippen LogP contribution is -2.16. The lowest BCUT2D eigenvalue weighted by molar-refractivity contribution is -0.107. The van der Waals surface area contributed by atoms with Crippen LogP contribution in [-0.4, -0.2) is 29.9 Å². The second-order valence-electron chi connectivity index (χ2n) is 5.20. The molecule has 2 rings (SSSR count). The van der Waals surface area contributed by atoms with Gasteiger partial charge in [0.25, 0.3) is 0 Å². The van der Waals surface area contributed by atoms with Crippen LogP contribution < -0.4 is 5.32 Å². The second kappa shape index (κ2) is 7.46. The molecule has 0 radical (unpaired) electrons. The molecule has 1 N–H and O–H groups in total. The lowest BCUT2D eigenvalue weighted by Gasteiger charge is -2.16. The molecule has 0 saturated heterocycles. The van der Waals surface area contributed by atoms with Gasteiger partial charge in [0.1, 0.15) is 17.3 Å². The number of aldehydes is 1. The molecular formula is C15H15Cl2N3O3S. The third-order valence-corrected chi connectivity index (χ3v) is 5.98. The molecule has 0 aliphatic carbocycles. The first-order valence-electron chi connectivity index (χ1n) is 7.03. The Morgan fingerprint density at radius 3 is 2.50 bits per heavy atom. The van der Waals surface area contributed by atoms with Crippen LogP contribution in [0.4, 0.5) is 11.5 Å². The first-order chi connectivity index (χ1) is 11.3. The van der Waals surface area contributed by atoms with Crippen LogP contribution in [0.15, 0.2) is 29.2 Å². The van der Waals surface area contributed by atoms with Crippen molar-refractivity contribution in [2.75, 3.05) is 5.32 Å². The van der Waals surface area contributed by atoms with Gasteiger partial charge in [-0.05, 0) is 37.6 Å². The van der Waals surface area contributed by atoms with E-state index < -0.39 is 15.1 Å². The fourth-order valence-corrected chi connectivity index (χ4v) is 3.66. The number of para-hydroxylation sites is 1. The van der Waals surface area contributed by atoms with Crippen molar-refractivity contribution < 1.29 is 13.2 Å². The highest BCUT2D eigenvalue weighted by Gasteiger charge is 2.23. The number of carbonyl (C=O) groups is 1. The first kappa shape index (κ1) is 18.6. The van der Waals surface area contributed by atoms with Crippen molar-refractivity contribution in [3.05, 3.63) is 40.3 Å². The third-order valence-electron chi connectivity index (χ3n) is 3.28. The van der Waals surface area contributed by atoms with Gasteiger partial charge in [0.05, 0.1) is 15.8 Å². The summed E-state index contributed by atoms with van der Waals surface area (Å²) in [7, 11) is -3.51. The van der Waals surface area contributed by atoms with Crippen LogP contribution in [0.25, 0.3) is 0 Å². The topological polar surface area (TPSA) is 89.0 Å². The van der Waals surface area contributed by atoms with E-state index in [1.807, 2.05) is 0 Å². The predicted molar refractivity (Wildman–Crippen MR) is 93.9 cm³/mol. The number of hydrogen-bond donors (Lipinski definition) is 1. The SMILES string of the molecule is CC(C)S(=O)(=O)c1ccccc1Nc1nc(Cl)nc(Cl)c1CC=O. The molecule has 24 heavy (non-hydrogen) atoms. The Hall–Kier alpha value is -1.70. The van der Waals surface area contributed by atoms with Gasteiger partial charge in [-0.25, -0.2) is 18.4 Å². The van der Waals surface area contributed by atoms with E-state index in [1.165, 1.54) is 6.07 Å². The first-order valence-corrected chi connectivity index (χ1v) is 9.33. The van der Waals surface area contributed by atoms with Gasteiger partial charge in [-0.15, -0.1) is 0 Å². The zero-order valence-electron chi connectivity index (χ0n) is 13.0. The molecule has 2 aromatic rings. The molecule has 0 unspecified atom stereocenters. The lowest BCUT2D eigenvalue weighted by atomic mass is 10.2. The number of benzene rings is 1. The fourth-order valence-electron chi connectivity index (χ4n) is 2.00. The van der Waals surface area contributed by atoms with E-state index in [-0.39, 0.29) is 27.6 Å². The normalized spacial score (nSPS) is 11.5. The quantitative estimate of drug-likeness (QED) is 0.463.